The molecule has 1 aliphatic carbocycles. The average molecular weight is 274 g/mol. The van der Waals surface area contributed by atoms with E-state index in [1.54, 1.807) is 0 Å². The number of sulfone groups is 1. The molecule has 2 aliphatic rings. The lowest BCUT2D eigenvalue weighted by Crippen LogP contribution is -2.46. The summed E-state index contributed by atoms with van der Waals surface area (Å²) >= 11 is 0. The lowest BCUT2D eigenvalue weighted by atomic mass is 10.0. The van der Waals surface area contributed by atoms with Crippen LogP contribution in [-0.2, 0) is 9.84 Å². The van der Waals surface area contributed by atoms with Gasteiger partial charge in [0.2, 0.25) is 0 Å². The molecule has 0 aromatic heterocycles. The Hall–Kier alpha value is -0.130. The van der Waals surface area contributed by atoms with E-state index in [2.05, 4.69) is 17.3 Å². The fourth-order valence-corrected chi connectivity index (χ4v) is 5.04. The van der Waals surface area contributed by atoms with Gasteiger partial charge in [-0.15, -0.1) is 0 Å². The van der Waals surface area contributed by atoms with Crippen molar-refractivity contribution in [3.63, 3.8) is 0 Å². The van der Waals surface area contributed by atoms with Gasteiger partial charge in [0.15, 0.2) is 9.84 Å². The first kappa shape index (κ1) is 14.3. The first-order chi connectivity index (χ1) is 8.50. The van der Waals surface area contributed by atoms with E-state index in [1.165, 1.54) is 19.1 Å². The topological polar surface area (TPSA) is 49.4 Å². The van der Waals surface area contributed by atoms with Gasteiger partial charge in [-0.3, -0.25) is 4.90 Å². The Bertz CT molecular complexity index is 361. The molecule has 0 spiro atoms. The summed E-state index contributed by atoms with van der Waals surface area (Å²) in [7, 11) is -0.773. The van der Waals surface area contributed by atoms with Crippen LogP contribution in [0.15, 0.2) is 0 Å². The molecule has 3 atom stereocenters. The summed E-state index contributed by atoms with van der Waals surface area (Å²) in [6, 6.07) is 0.787. The van der Waals surface area contributed by atoms with Crippen molar-refractivity contribution in [1.82, 2.24) is 10.2 Å². The minimum absolute atomic E-state index is 0.140. The van der Waals surface area contributed by atoms with Crippen LogP contribution in [0.5, 0.6) is 0 Å². The number of nitrogens with zero attached hydrogens (tertiary/aromatic N) is 1. The lowest BCUT2D eigenvalue weighted by Gasteiger charge is -2.35. The van der Waals surface area contributed by atoms with Gasteiger partial charge in [-0.25, -0.2) is 8.42 Å². The van der Waals surface area contributed by atoms with E-state index in [-0.39, 0.29) is 11.3 Å². The van der Waals surface area contributed by atoms with E-state index in [4.69, 9.17) is 0 Å². The van der Waals surface area contributed by atoms with Crippen LogP contribution in [0.25, 0.3) is 0 Å². The van der Waals surface area contributed by atoms with Crippen molar-refractivity contribution in [3.8, 4) is 0 Å². The monoisotopic (exact) mass is 274 g/mol. The van der Waals surface area contributed by atoms with Gasteiger partial charge in [0.25, 0.3) is 0 Å². The first-order valence-corrected chi connectivity index (χ1v) is 9.07. The second kappa shape index (κ2) is 5.88. The van der Waals surface area contributed by atoms with Gasteiger partial charge in [0.05, 0.1) is 5.25 Å². The quantitative estimate of drug-likeness (QED) is 0.835. The summed E-state index contributed by atoms with van der Waals surface area (Å²) in [5.41, 5.74) is 0. The van der Waals surface area contributed by atoms with Crippen molar-refractivity contribution in [2.45, 2.75) is 55.9 Å². The number of hydrogen-bond acceptors (Lipinski definition) is 4. The summed E-state index contributed by atoms with van der Waals surface area (Å²) in [6.07, 6.45) is 7.87. The second-order valence-electron chi connectivity index (χ2n) is 5.87. The van der Waals surface area contributed by atoms with Gasteiger partial charge in [-0.05, 0) is 52.2 Å². The van der Waals surface area contributed by atoms with Gasteiger partial charge in [0, 0.05) is 18.3 Å². The molecule has 3 unspecified atom stereocenters. The zero-order valence-electron chi connectivity index (χ0n) is 11.6. The molecule has 18 heavy (non-hydrogen) atoms. The van der Waals surface area contributed by atoms with Crippen molar-refractivity contribution in [2.24, 2.45) is 0 Å². The van der Waals surface area contributed by atoms with Gasteiger partial charge >= 0.3 is 0 Å². The highest BCUT2D eigenvalue weighted by Crippen LogP contribution is 2.31. The summed E-state index contributed by atoms with van der Waals surface area (Å²) in [5, 5.41) is 3.28. The molecule has 4 nitrogen and oxygen atoms in total. The molecule has 106 valence electrons. The zero-order valence-corrected chi connectivity index (χ0v) is 12.4. The Morgan fingerprint density at radius 2 is 1.83 bits per heavy atom. The molecule has 0 aromatic carbocycles. The van der Waals surface area contributed by atoms with Crippen LogP contribution in [-0.4, -0.2) is 57.0 Å². The molecule has 0 bridgehead atoms. The maximum atomic E-state index is 11.9. The molecule has 1 N–H and O–H groups in total. The molecule has 1 aliphatic heterocycles. The van der Waals surface area contributed by atoms with E-state index in [1.807, 2.05) is 0 Å². The summed E-state index contributed by atoms with van der Waals surface area (Å²) in [4.78, 5) is 2.37. The van der Waals surface area contributed by atoms with Crippen LogP contribution in [0.1, 0.15) is 38.5 Å². The van der Waals surface area contributed by atoms with Crippen LogP contribution >= 0.6 is 0 Å². The Kier molecular flexibility index (Phi) is 4.67. The van der Waals surface area contributed by atoms with Crippen LogP contribution in [0.4, 0.5) is 0 Å². The van der Waals surface area contributed by atoms with Gasteiger partial charge < -0.3 is 5.32 Å². The maximum Gasteiger partial charge on any atom is 0.151 e. The van der Waals surface area contributed by atoms with Gasteiger partial charge in [0.1, 0.15) is 0 Å². The summed E-state index contributed by atoms with van der Waals surface area (Å²) in [5.74, 6) is 0. The fraction of sp³-hybridized carbons (Fsp3) is 1.00. The highest BCUT2D eigenvalue weighted by molar-refractivity contribution is 7.91. The Labute approximate surface area is 111 Å². The molecule has 0 amide bonds. The standard InChI is InChI=1S/C13H26N2O2S/c1-15(11-5-4-9-14-10-8-11)12-6-3-7-13(12)18(2,16)17/h11-14H,3-10H2,1-2H3. The molecular weight excluding hydrogens is 248 g/mol. The van der Waals surface area contributed by atoms with Crippen molar-refractivity contribution < 1.29 is 8.42 Å². The molecule has 1 saturated heterocycles. The van der Waals surface area contributed by atoms with E-state index >= 15 is 0 Å². The lowest BCUT2D eigenvalue weighted by molar-refractivity contribution is 0.163. The average Bonchev–Trinajstić information content (AvgIpc) is 2.64. The predicted molar refractivity (Wildman–Crippen MR) is 74.5 cm³/mol. The second-order valence-corrected chi connectivity index (χ2v) is 8.13. The van der Waals surface area contributed by atoms with Gasteiger partial charge in [-0.1, -0.05) is 6.42 Å². The third kappa shape index (κ3) is 3.25. The highest BCUT2D eigenvalue weighted by atomic mass is 32.2. The molecule has 2 fully saturated rings. The van der Waals surface area contributed by atoms with E-state index in [0.717, 1.165) is 38.8 Å². The molecule has 0 aromatic rings. The number of nitrogens with one attached hydrogen (secondary N) is 1. The smallest absolute Gasteiger partial charge is 0.151 e. The molecular formula is C13H26N2O2S. The highest BCUT2D eigenvalue weighted by Gasteiger charge is 2.39. The van der Waals surface area contributed by atoms with Crippen molar-refractivity contribution >= 4 is 9.84 Å². The van der Waals surface area contributed by atoms with Crippen LogP contribution in [0.3, 0.4) is 0 Å². The minimum atomic E-state index is -2.90. The zero-order chi connectivity index (χ0) is 13.2. The predicted octanol–water partition coefficient (Wildman–Crippen LogP) is 1.03. The molecule has 1 heterocycles. The summed E-state index contributed by atoms with van der Waals surface area (Å²) < 4.78 is 23.7. The van der Waals surface area contributed by atoms with Crippen molar-refractivity contribution in [3.05, 3.63) is 0 Å². The SMILES string of the molecule is CN(C1CCCNCC1)C1CCCC1S(C)(=O)=O. The van der Waals surface area contributed by atoms with E-state index < -0.39 is 9.84 Å². The van der Waals surface area contributed by atoms with Crippen molar-refractivity contribution in [2.75, 3.05) is 26.4 Å². The molecule has 1 saturated carbocycles. The normalized spacial score (nSPS) is 34.7. The van der Waals surface area contributed by atoms with Crippen molar-refractivity contribution in [1.29, 1.82) is 0 Å². The Morgan fingerprint density at radius 1 is 1.06 bits per heavy atom. The minimum Gasteiger partial charge on any atom is -0.317 e. The van der Waals surface area contributed by atoms with E-state index in [9.17, 15) is 8.42 Å². The molecule has 0 radical (unpaired) electrons. The fourth-order valence-electron chi connectivity index (χ4n) is 3.55. The molecule has 2 rings (SSSR count). The first-order valence-electron chi connectivity index (χ1n) is 7.11. The maximum absolute atomic E-state index is 11.9. The third-order valence-electron chi connectivity index (χ3n) is 4.61. The largest absolute Gasteiger partial charge is 0.317 e. The van der Waals surface area contributed by atoms with Crippen LogP contribution < -0.4 is 5.32 Å². The van der Waals surface area contributed by atoms with Crippen LogP contribution in [0.2, 0.25) is 0 Å². The summed E-state index contributed by atoms with van der Waals surface area (Å²) in [6.45, 7) is 2.16. The van der Waals surface area contributed by atoms with Gasteiger partial charge in [-0.2, -0.15) is 0 Å². The number of rotatable bonds is 3. The molecule has 5 heteroatoms. The van der Waals surface area contributed by atoms with E-state index in [0.29, 0.717) is 6.04 Å². The Balaban J connectivity index is 2.04. The number of hydrogen-bond donors (Lipinski definition) is 1. The van der Waals surface area contributed by atoms with Crippen LogP contribution in [0, 0.1) is 0 Å². The third-order valence-corrected chi connectivity index (χ3v) is 6.26. The Morgan fingerprint density at radius 3 is 2.56 bits per heavy atom.